The molecule has 42 heavy (non-hydrogen) atoms. The Labute approximate surface area is 246 Å². The number of carbonyl (C=O) groups excluding carboxylic acids is 3. The van der Waals surface area contributed by atoms with Crippen molar-refractivity contribution in [3.05, 3.63) is 120 Å². The van der Waals surface area contributed by atoms with Crippen LogP contribution in [0, 0.1) is 5.82 Å². The van der Waals surface area contributed by atoms with Crippen molar-refractivity contribution in [2.45, 2.75) is 4.90 Å². The fraction of sp³-hybridized carbons (Fsp3) is 0.0938. The first-order valence-corrected chi connectivity index (χ1v) is 13.7. The van der Waals surface area contributed by atoms with E-state index in [4.69, 9.17) is 9.47 Å². The lowest BCUT2D eigenvalue weighted by Gasteiger charge is -2.13. The Morgan fingerprint density at radius 2 is 1.55 bits per heavy atom. The van der Waals surface area contributed by atoms with Crippen LogP contribution < -0.4 is 25.4 Å². The fourth-order valence-corrected chi connectivity index (χ4v) is 4.57. The molecule has 0 fully saturated rings. The molecule has 0 atom stereocenters. The standard InChI is InChI=1S/C32H28FN3O5S/c1-40-28-16-15-21(18-29(28)41-2)17-27(36-31(38)22-9-4-3-5-10-22)32(39)34-23-11-8-12-24(19-23)42-20-30(37)35-26-14-7-6-13-25(26)33/h3-19H,20H2,1-2H3,(H,34,39)(H,35,37)(H,36,38)/b27-17+. The van der Waals surface area contributed by atoms with E-state index in [1.165, 1.54) is 44.2 Å². The lowest BCUT2D eigenvalue weighted by Crippen LogP contribution is -2.30. The number of anilines is 2. The molecular formula is C32H28FN3O5S. The van der Waals surface area contributed by atoms with Crippen molar-refractivity contribution >= 4 is 46.9 Å². The van der Waals surface area contributed by atoms with Gasteiger partial charge in [0.25, 0.3) is 11.8 Å². The van der Waals surface area contributed by atoms with Crippen LogP contribution in [-0.4, -0.2) is 37.7 Å². The Hall–Kier alpha value is -5.09. The van der Waals surface area contributed by atoms with Gasteiger partial charge in [-0.25, -0.2) is 4.39 Å². The SMILES string of the molecule is COc1ccc(/C=C(/NC(=O)c2ccccc2)C(=O)Nc2cccc(SCC(=O)Nc3ccccc3F)c2)cc1OC. The van der Waals surface area contributed by atoms with Crippen LogP contribution in [0.4, 0.5) is 15.8 Å². The third-order valence-corrected chi connectivity index (χ3v) is 6.85. The van der Waals surface area contributed by atoms with Gasteiger partial charge < -0.3 is 25.4 Å². The van der Waals surface area contributed by atoms with Crippen LogP contribution in [0.15, 0.2) is 108 Å². The van der Waals surface area contributed by atoms with Gasteiger partial charge in [0.1, 0.15) is 11.5 Å². The van der Waals surface area contributed by atoms with Gasteiger partial charge in [-0.05, 0) is 66.2 Å². The third kappa shape index (κ3) is 8.21. The van der Waals surface area contributed by atoms with Crippen LogP contribution in [0.2, 0.25) is 0 Å². The monoisotopic (exact) mass is 585 g/mol. The van der Waals surface area contributed by atoms with E-state index in [2.05, 4.69) is 16.0 Å². The molecule has 0 unspecified atom stereocenters. The molecule has 0 saturated carbocycles. The summed E-state index contributed by atoms with van der Waals surface area (Å²) in [4.78, 5) is 39.4. The van der Waals surface area contributed by atoms with Gasteiger partial charge in [-0.3, -0.25) is 14.4 Å². The Balaban J connectivity index is 1.50. The summed E-state index contributed by atoms with van der Waals surface area (Å²) < 4.78 is 24.5. The molecule has 8 nitrogen and oxygen atoms in total. The second kappa shape index (κ2) is 14.5. The van der Waals surface area contributed by atoms with Crippen molar-refractivity contribution in [2.24, 2.45) is 0 Å². The lowest BCUT2D eigenvalue weighted by atomic mass is 10.1. The van der Waals surface area contributed by atoms with E-state index in [0.29, 0.717) is 33.2 Å². The van der Waals surface area contributed by atoms with Crippen molar-refractivity contribution in [3.8, 4) is 11.5 Å². The van der Waals surface area contributed by atoms with E-state index in [0.717, 1.165) is 0 Å². The molecule has 0 heterocycles. The van der Waals surface area contributed by atoms with Gasteiger partial charge in [0.05, 0.1) is 25.7 Å². The molecule has 0 aromatic heterocycles. The number of nitrogens with one attached hydrogen (secondary N) is 3. The predicted molar refractivity (Wildman–Crippen MR) is 162 cm³/mol. The minimum absolute atomic E-state index is 0.00149. The van der Waals surface area contributed by atoms with Crippen LogP contribution in [0.5, 0.6) is 11.5 Å². The van der Waals surface area contributed by atoms with Crippen molar-refractivity contribution in [1.82, 2.24) is 5.32 Å². The molecule has 0 radical (unpaired) electrons. The smallest absolute Gasteiger partial charge is 0.272 e. The van der Waals surface area contributed by atoms with E-state index in [-0.39, 0.29) is 23.0 Å². The van der Waals surface area contributed by atoms with Crippen molar-refractivity contribution < 1.29 is 28.2 Å². The van der Waals surface area contributed by atoms with Crippen LogP contribution in [0.25, 0.3) is 6.08 Å². The van der Waals surface area contributed by atoms with E-state index < -0.39 is 17.6 Å². The van der Waals surface area contributed by atoms with Crippen LogP contribution >= 0.6 is 11.8 Å². The third-order valence-electron chi connectivity index (χ3n) is 5.86. The average molecular weight is 586 g/mol. The number of para-hydroxylation sites is 1. The molecule has 0 saturated heterocycles. The van der Waals surface area contributed by atoms with Gasteiger partial charge in [0, 0.05) is 16.1 Å². The molecule has 4 aromatic carbocycles. The topological polar surface area (TPSA) is 106 Å². The predicted octanol–water partition coefficient (Wildman–Crippen LogP) is 5.98. The van der Waals surface area contributed by atoms with Gasteiger partial charge in [0.15, 0.2) is 11.5 Å². The van der Waals surface area contributed by atoms with Gasteiger partial charge in [0.2, 0.25) is 5.91 Å². The normalized spacial score (nSPS) is 10.9. The van der Waals surface area contributed by atoms with Crippen LogP contribution in [-0.2, 0) is 9.59 Å². The number of methoxy groups -OCH3 is 2. The fourth-order valence-electron chi connectivity index (χ4n) is 3.81. The first kappa shape index (κ1) is 29.9. The molecule has 0 spiro atoms. The van der Waals surface area contributed by atoms with E-state index in [9.17, 15) is 18.8 Å². The van der Waals surface area contributed by atoms with E-state index >= 15 is 0 Å². The van der Waals surface area contributed by atoms with Gasteiger partial charge in [-0.15, -0.1) is 11.8 Å². The number of benzene rings is 4. The Morgan fingerprint density at radius 3 is 2.29 bits per heavy atom. The first-order valence-electron chi connectivity index (χ1n) is 12.7. The number of halogens is 1. The van der Waals surface area contributed by atoms with Crippen molar-refractivity contribution in [2.75, 3.05) is 30.6 Å². The second-order valence-corrected chi connectivity index (χ2v) is 9.84. The molecule has 0 aliphatic rings. The van der Waals surface area contributed by atoms with Crippen molar-refractivity contribution in [1.29, 1.82) is 0 Å². The number of thioether (sulfide) groups is 1. The zero-order chi connectivity index (χ0) is 29.9. The molecule has 3 N–H and O–H groups in total. The quantitative estimate of drug-likeness (QED) is 0.148. The molecule has 10 heteroatoms. The highest BCUT2D eigenvalue weighted by Crippen LogP contribution is 2.28. The number of ether oxygens (including phenoxy) is 2. The second-order valence-electron chi connectivity index (χ2n) is 8.79. The number of amides is 3. The molecule has 4 aromatic rings. The Morgan fingerprint density at radius 1 is 0.810 bits per heavy atom. The summed E-state index contributed by atoms with van der Waals surface area (Å²) in [6.07, 6.45) is 1.53. The summed E-state index contributed by atoms with van der Waals surface area (Å²) in [5.41, 5.74) is 1.53. The summed E-state index contributed by atoms with van der Waals surface area (Å²) in [5, 5.41) is 8.05. The van der Waals surface area contributed by atoms with Gasteiger partial charge >= 0.3 is 0 Å². The number of carbonyl (C=O) groups is 3. The minimum Gasteiger partial charge on any atom is -0.493 e. The summed E-state index contributed by atoms with van der Waals surface area (Å²) in [5.74, 6) is -0.894. The van der Waals surface area contributed by atoms with Crippen LogP contribution in [0.1, 0.15) is 15.9 Å². The molecular weight excluding hydrogens is 557 g/mol. The zero-order valence-electron chi connectivity index (χ0n) is 22.8. The molecule has 214 valence electrons. The largest absolute Gasteiger partial charge is 0.493 e. The summed E-state index contributed by atoms with van der Waals surface area (Å²) in [7, 11) is 3.03. The summed E-state index contributed by atoms with van der Waals surface area (Å²) >= 11 is 1.23. The maximum absolute atomic E-state index is 13.8. The molecule has 0 bridgehead atoms. The molecule has 4 rings (SSSR count). The summed E-state index contributed by atoms with van der Waals surface area (Å²) in [6, 6.07) is 26.5. The van der Waals surface area contributed by atoms with Gasteiger partial charge in [-0.2, -0.15) is 0 Å². The molecule has 0 aliphatic heterocycles. The van der Waals surface area contributed by atoms with E-state index in [1.54, 1.807) is 84.9 Å². The van der Waals surface area contributed by atoms with Crippen LogP contribution in [0.3, 0.4) is 0 Å². The first-order chi connectivity index (χ1) is 20.4. The average Bonchev–Trinajstić information content (AvgIpc) is 3.01. The number of hydrogen-bond acceptors (Lipinski definition) is 6. The Kier molecular flexibility index (Phi) is 10.3. The lowest BCUT2D eigenvalue weighted by molar-refractivity contribution is -0.114. The maximum atomic E-state index is 13.8. The van der Waals surface area contributed by atoms with E-state index in [1.807, 2.05) is 0 Å². The maximum Gasteiger partial charge on any atom is 0.272 e. The number of hydrogen-bond donors (Lipinski definition) is 3. The summed E-state index contributed by atoms with van der Waals surface area (Å²) in [6.45, 7) is 0. The van der Waals surface area contributed by atoms with Crippen molar-refractivity contribution in [3.63, 3.8) is 0 Å². The highest BCUT2D eigenvalue weighted by atomic mass is 32.2. The number of rotatable bonds is 11. The zero-order valence-corrected chi connectivity index (χ0v) is 23.7. The highest BCUT2D eigenvalue weighted by Gasteiger charge is 2.16. The van der Waals surface area contributed by atoms with Gasteiger partial charge in [-0.1, -0.05) is 42.5 Å². The molecule has 0 aliphatic carbocycles. The minimum atomic E-state index is -0.562. The Bertz CT molecular complexity index is 1610. The molecule has 3 amide bonds. The highest BCUT2D eigenvalue weighted by molar-refractivity contribution is 8.00.